The SMILES string of the molecule is CC1CCOC1C(=O)N1CCOCC1CBr. The fraction of sp³-hybridized carbons (Fsp3) is 0.909. The molecule has 2 aliphatic rings. The van der Waals surface area contributed by atoms with Crippen molar-refractivity contribution in [1.82, 2.24) is 4.90 Å². The van der Waals surface area contributed by atoms with Gasteiger partial charge in [0.25, 0.3) is 5.91 Å². The topological polar surface area (TPSA) is 38.8 Å². The van der Waals surface area contributed by atoms with Gasteiger partial charge >= 0.3 is 0 Å². The van der Waals surface area contributed by atoms with Crippen LogP contribution in [-0.4, -0.2) is 54.6 Å². The average molecular weight is 292 g/mol. The van der Waals surface area contributed by atoms with E-state index >= 15 is 0 Å². The van der Waals surface area contributed by atoms with E-state index in [1.807, 2.05) is 4.90 Å². The van der Waals surface area contributed by atoms with Crippen LogP contribution in [0.1, 0.15) is 13.3 Å². The Morgan fingerprint density at radius 2 is 2.31 bits per heavy atom. The second kappa shape index (κ2) is 5.47. The van der Waals surface area contributed by atoms with Crippen molar-refractivity contribution in [3.8, 4) is 0 Å². The van der Waals surface area contributed by atoms with Crippen molar-refractivity contribution in [2.45, 2.75) is 25.5 Å². The highest BCUT2D eigenvalue weighted by atomic mass is 79.9. The van der Waals surface area contributed by atoms with Crippen molar-refractivity contribution in [3.63, 3.8) is 0 Å². The first kappa shape index (κ1) is 12.3. The van der Waals surface area contributed by atoms with Gasteiger partial charge in [-0.1, -0.05) is 22.9 Å². The summed E-state index contributed by atoms with van der Waals surface area (Å²) in [5.41, 5.74) is 0. The van der Waals surface area contributed by atoms with Crippen LogP contribution >= 0.6 is 15.9 Å². The fourth-order valence-electron chi connectivity index (χ4n) is 2.25. The van der Waals surface area contributed by atoms with E-state index in [4.69, 9.17) is 9.47 Å². The average Bonchev–Trinajstić information content (AvgIpc) is 2.74. The van der Waals surface area contributed by atoms with Gasteiger partial charge in [0.2, 0.25) is 0 Å². The van der Waals surface area contributed by atoms with E-state index < -0.39 is 0 Å². The van der Waals surface area contributed by atoms with Crippen LogP contribution in [0.25, 0.3) is 0 Å². The summed E-state index contributed by atoms with van der Waals surface area (Å²) in [6.07, 6.45) is 0.749. The van der Waals surface area contributed by atoms with Crippen molar-refractivity contribution in [1.29, 1.82) is 0 Å². The quantitative estimate of drug-likeness (QED) is 0.714. The Bertz CT molecular complexity index is 262. The van der Waals surface area contributed by atoms with Gasteiger partial charge in [0.15, 0.2) is 0 Å². The number of carbonyl (C=O) groups is 1. The third-order valence-corrected chi connectivity index (χ3v) is 4.07. The van der Waals surface area contributed by atoms with Crippen LogP contribution in [0.15, 0.2) is 0 Å². The summed E-state index contributed by atoms with van der Waals surface area (Å²) in [6.45, 7) is 4.73. The first-order valence-corrected chi connectivity index (χ1v) is 6.92. The van der Waals surface area contributed by atoms with Gasteiger partial charge in [-0.05, 0) is 12.3 Å². The third-order valence-electron chi connectivity index (χ3n) is 3.32. The van der Waals surface area contributed by atoms with E-state index in [1.165, 1.54) is 0 Å². The Morgan fingerprint density at radius 1 is 1.50 bits per heavy atom. The number of rotatable bonds is 2. The lowest BCUT2D eigenvalue weighted by atomic mass is 10.0. The number of halogens is 1. The van der Waals surface area contributed by atoms with E-state index in [-0.39, 0.29) is 18.1 Å². The van der Waals surface area contributed by atoms with Crippen molar-refractivity contribution in [2.24, 2.45) is 5.92 Å². The number of alkyl halides is 1. The summed E-state index contributed by atoms with van der Waals surface area (Å²) in [7, 11) is 0. The molecule has 0 bridgehead atoms. The second-order valence-electron chi connectivity index (χ2n) is 4.47. The monoisotopic (exact) mass is 291 g/mol. The Balaban J connectivity index is 2.01. The molecule has 16 heavy (non-hydrogen) atoms. The van der Waals surface area contributed by atoms with Crippen LogP contribution in [0.4, 0.5) is 0 Å². The molecule has 0 saturated carbocycles. The fourth-order valence-corrected chi connectivity index (χ4v) is 2.78. The minimum Gasteiger partial charge on any atom is -0.377 e. The van der Waals surface area contributed by atoms with Crippen LogP contribution < -0.4 is 0 Å². The second-order valence-corrected chi connectivity index (χ2v) is 5.12. The molecule has 2 saturated heterocycles. The molecule has 0 aliphatic carbocycles. The summed E-state index contributed by atoms with van der Waals surface area (Å²) >= 11 is 3.43. The lowest BCUT2D eigenvalue weighted by molar-refractivity contribution is -0.150. The largest absolute Gasteiger partial charge is 0.377 e. The first-order valence-electron chi connectivity index (χ1n) is 5.80. The van der Waals surface area contributed by atoms with Crippen LogP contribution in [0.5, 0.6) is 0 Å². The molecule has 5 heteroatoms. The van der Waals surface area contributed by atoms with Crippen LogP contribution in [0, 0.1) is 5.92 Å². The van der Waals surface area contributed by atoms with Crippen molar-refractivity contribution in [2.75, 3.05) is 31.7 Å². The molecule has 0 aromatic carbocycles. The van der Waals surface area contributed by atoms with Crippen LogP contribution in [0.3, 0.4) is 0 Å². The number of morpholine rings is 1. The summed E-state index contributed by atoms with van der Waals surface area (Å²) in [6, 6.07) is 0.151. The molecule has 92 valence electrons. The highest BCUT2D eigenvalue weighted by Crippen LogP contribution is 2.23. The van der Waals surface area contributed by atoms with Crippen molar-refractivity contribution < 1.29 is 14.3 Å². The zero-order valence-electron chi connectivity index (χ0n) is 9.52. The Labute approximate surface area is 104 Å². The van der Waals surface area contributed by atoms with Gasteiger partial charge in [0, 0.05) is 18.5 Å². The Morgan fingerprint density at radius 3 is 2.94 bits per heavy atom. The molecule has 2 fully saturated rings. The summed E-state index contributed by atoms with van der Waals surface area (Å²) in [4.78, 5) is 14.2. The van der Waals surface area contributed by atoms with Gasteiger partial charge in [-0.2, -0.15) is 0 Å². The molecule has 3 unspecified atom stereocenters. The van der Waals surface area contributed by atoms with Crippen LogP contribution in [0.2, 0.25) is 0 Å². The van der Waals surface area contributed by atoms with Gasteiger partial charge in [0.1, 0.15) is 6.10 Å². The maximum absolute atomic E-state index is 12.3. The molecular weight excluding hydrogens is 274 g/mol. The lowest BCUT2D eigenvalue weighted by Crippen LogP contribution is -2.53. The van der Waals surface area contributed by atoms with Crippen molar-refractivity contribution in [3.05, 3.63) is 0 Å². The standard InChI is InChI=1S/C11H18BrNO3/c1-8-2-4-16-10(8)11(14)13-3-5-15-7-9(13)6-12/h8-10H,2-7H2,1H3. The third kappa shape index (κ3) is 2.41. The summed E-state index contributed by atoms with van der Waals surface area (Å²) in [5, 5.41) is 0.764. The van der Waals surface area contributed by atoms with Gasteiger partial charge in [-0.25, -0.2) is 0 Å². The molecule has 4 nitrogen and oxygen atoms in total. The number of carbonyl (C=O) groups excluding carboxylic acids is 1. The highest BCUT2D eigenvalue weighted by molar-refractivity contribution is 9.09. The minimum absolute atomic E-state index is 0.137. The maximum Gasteiger partial charge on any atom is 0.252 e. The summed E-state index contributed by atoms with van der Waals surface area (Å²) in [5.74, 6) is 0.476. The normalized spacial score (nSPS) is 35.4. The van der Waals surface area contributed by atoms with Gasteiger partial charge < -0.3 is 14.4 Å². The zero-order chi connectivity index (χ0) is 11.5. The van der Waals surface area contributed by atoms with Crippen molar-refractivity contribution >= 4 is 21.8 Å². The number of nitrogens with zero attached hydrogens (tertiary/aromatic N) is 1. The Kier molecular flexibility index (Phi) is 4.21. The molecule has 2 aliphatic heterocycles. The number of hydrogen-bond donors (Lipinski definition) is 0. The molecule has 2 heterocycles. The molecule has 3 atom stereocenters. The van der Waals surface area contributed by atoms with E-state index in [9.17, 15) is 4.79 Å². The molecule has 0 N–H and O–H groups in total. The van der Waals surface area contributed by atoms with Gasteiger partial charge in [-0.15, -0.1) is 0 Å². The summed E-state index contributed by atoms with van der Waals surface area (Å²) < 4.78 is 10.9. The van der Waals surface area contributed by atoms with Crippen LogP contribution in [-0.2, 0) is 14.3 Å². The molecule has 0 spiro atoms. The molecule has 1 amide bonds. The van der Waals surface area contributed by atoms with Gasteiger partial charge in [0.05, 0.1) is 19.3 Å². The predicted octanol–water partition coefficient (Wildman–Crippen LogP) is 1.03. The van der Waals surface area contributed by atoms with Gasteiger partial charge in [-0.3, -0.25) is 4.79 Å². The highest BCUT2D eigenvalue weighted by Gasteiger charge is 2.37. The lowest BCUT2D eigenvalue weighted by Gasteiger charge is -2.36. The predicted molar refractivity (Wildman–Crippen MR) is 63.6 cm³/mol. The first-order chi connectivity index (χ1) is 7.74. The zero-order valence-corrected chi connectivity index (χ0v) is 11.1. The number of ether oxygens (including phenoxy) is 2. The maximum atomic E-state index is 12.3. The molecule has 0 aromatic heterocycles. The van der Waals surface area contributed by atoms with E-state index in [1.54, 1.807) is 0 Å². The number of amides is 1. The molecule has 0 radical (unpaired) electrons. The smallest absolute Gasteiger partial charge is 0.252 e. The molecular formula is C11H18BrNO3. The number of hydrogen-bond acceptors (Lipinski definition) is 3. The van der Waals surface area contributed by atoms with E-state index in [0.29, 0.717) is 32.3 Å². The molecule has 2 rings (SSSR count). The minimum atomic E-state index is -0.236. The molecule has 0 aromatic rings. The Hall–Kier alpha value is -0.130. The van der Waals surface area contributed by atoms with E-state index in [0.717, 1.165) is 11.8 Å². The van der Waals surface area contributed by atoms with E-state index in [2.05, 4.69) is 22.9 Å².